The first-order valence-electron chi connectivity index (χ1n) is 8.28. The maximum atomic E-state index is 12.9. The summed E-state index contributed by atoms with van der Waals surface area (Å²) in [5.41, 5.74) is 1.47. The third-order valence-corrected chi connectivity index (χ3v) is 4.39. The van der Waals surface area contributed by atoms with Gasteiger partial charge in [0.15, 0.2) is 0 Å². The van der Waals surface area contributed by atoms with Crippen molar-refractivity contribution in [3.05, 3.63) is 71.8 Å². The number of rotatable bonds is 5. The summed E-state index contributed by atoms with van der Waals surface area (Å²) in [5.74, 6) is -1.77. The van der Waals surface area contributed by atoms with Crippen LogP contribution >= 0.6 is 0 Å². The molecule has 6 nitrogen and oxygen atoms in total. The van der Waals surface area contributed by atoms with Gasteiger partial charge in [-0.25, -0.2) is 9.69 Å². The van der Waals surface area contributed by atoms with E-state index in [9.17, 15) is 14.4 Å². The molecule has 2 amide bonds. The fourth-order valence-corrected chi connectivity index (χ4v) is 3.06. The lowest BCUT2D eigenvalue weighted by atomic mass is 9.94. The normalized spacial score (nSPS) is 17.5. The zero-order chi connectivity index (χ0) is 18.5. The highest BCUT2D eigenvalue weighted by molar-refractivity contribution is 5.96. The molecular weight excluding hydrogens is 334 g/mol. The number of cyclic esters (lactones) is 1. The summed E-state index contributed by atoms with van der Waals surface area (Å²) in [5, 5.41) is 0. The van der Waals surface area contributed by atoms with Crippen LogP contribution in [0, 0.1) is 0 Å². The number of carbonyl (C=O) groups is 3. The molecule has 1 aliphatic rings. The van der Waals surface area contributed by atoms with Crippen molar-refractivity contribution >= 4 is 18.0 Å². The largest absolute Gasteiger partial charge is 0.469 e. The van der Waals surface area contributed by atoms with Gasteiger partial charge in [0.25, 0.3) is 0 Å². The smallest absolute Gasteiger partial charge is 0.417 e. The van der Waals surface area contributed by atoms with E-state index in [1.807, 2.05) is 36.4 Å². The molecule has 0 radical (unpaired) electrons. The number of nitrogens with zero attached hydrogens (tertiary/aromatic N) is 1. The van der Waals surface area contributed by atoms with Gasteiger partial charge >= 0.3 is 12.1 Å². The van der Waals surface area contributed by atoms with Gasteiger partial charge in [-0.2, -0.15) is 0 Å². The molecule has 1 saturated heterocycles. The summed E-state index contributed by atoms with van der Waals surface area (Å²) < 4.78 is 9.92. The summed E-state index contributed by atoms with van der Waals surface area (Å²) >= 11 is 0. The van der Waals surface area contributed by atoms with Crippen molar-refractivity contribution in [1.82, 2.24) is 4.90 Å². The molecule has 0 N–H and O–H groups in total. The Hall–Kier alpha value is -3.15. The molecule has 1 aliphatic heterocycles. The minimum Gasteiger partial charge on any atom is -0.469 e. The van der Waals surface area contributed by atoms with Gasteiger partial charge in [0.1, 0.15) is 12.6 Å². The minimum absolute atomic E-state index is 0.100. The van der Waals surface area contributed by atoms with Gasteiger partial charge in [-0.1, -0.05) is 60.7 Å². The average molecular weight is 353 g/mol. The molecule has 0 spiro atoms. The fourth-order valence-electron chi connectivity index (χ4n) is 3.06. The number of carbonyl (C=O) groups excluding carboxylic acids is 3. The summed E-state index contributed by atoms with van der Waals surface area (Å²) in [7, 11) is 1.28. The molecule has 0 bridgehead atoms. The van der Waals surface area contributed by atoms with E-state index >= 15 is 0 Å². The monoisotopic (exact) mass is 353 g/mol. The van der Waals surface area contributed by atoms with Crippen LogP contribution in [0.4, 0.5) is 4.79 Å². The first-order chi connectivity index (χ1) is 12.6. The Morgan fingerprint density at radius 1 is 1.12 bits per heavy atom. The van der Waals surface area contributed by atoms with Gasteiger partial charge < -0.3 is 9.47 Å². The third-order valence-electron chi connectivity index (χ3n) is 4.39. The summed E-state index contributed by atoms with van der Waals surface area (Å²) in [6.07, 6.45) is -0.865. The first-order valence-corrected chi connectivity index (χ1v) is 8.28. The molecule has 2 aromatic carbocycles. The number of esters is 1. The van der Waals surface area contributed by atoms with Crippen molar-refractivity contribution < 1.29 is 23.9 Å². The van der Waals surface area contributed by atoms with E-state index in [1.165, 1.54) is 7.11 Å². The summed E-state index contributed by atoms with van der Waals surface area (Å²) in [6, 6.07) is 17.6. The third kappa shape index (κ3) is 3.59. The van der Waals surface area contributed by atoms with Gasteiger partial charge in [0.05, 0.1) is 13.0 Å². The van der Waals surface area contributed by atoms with Crippen molar-refractivity contribution in [1.29, 1.82) is 0 Å². The molecule has 0 aliphatic carbocycles. The van der Waals surface area contributed by atoms with Crippen molar-refractivity contribution in [2.75, 3.05) is 13.7 Å². The van der Waals surface area contributed by atoms with Gasteiger partial charge in [-0.3, -0.25) is 9.59 Å². The Labute approximate surface area is 151 Å². The van der Waals surface area contributed by atoms with Gasteiger partial charge in [-0.05, 0) is 11.1 Å². The van der Waals surface area contributed by atoms with Crippen molar-refractivity contribution in [2.45, 2.75) is 18.4 Å². The predicted octanol–water partition coefficient (Wildman–Crippen LogP) is 3.05. The van der Waals surface area contributed by atoms with Crippen LogP contribution < -0.4 is 0 Å². The quantitative estimate of drug-likeness (QED) is 0.773. The molecule has 0 unspecified atom stereocenters. The topological polar surface area (TPSA) is 72.9 Å². The van der Waals surface area contributed by atoms with Gasteiger partial charge in [-0.15, -0.1) is 0 Å². The van der Waals surface area contributed by atoms with Crippen LogP contribution in [0.1, 0.15) is 29.5 Å². The second kappa shape index (κ2) is 7.82. The lowest BCUT2D eigenvalue weighted by Crippen LogP contribution is -2.36. The highest BCUT2D eigenvalue weighted by Gasteiger charge is 2.40. The number of imide groups is 1. The second-order valence-electron chi connectivity index (χ2n) is 5.96. The van der Waals surface area contributed by atoms with E-state index in [4.69, 9.17) is 9.47 Å². The predicted molar refractivity (Wildman–Crippen MR) is 93.2 cm³/mol. The van der Waals surface area contributed by atoms with Crippen LogP contribution in [0.2, 0.25) is 0 Å². The van der Waals surface area contributed by atoms with Gasteiger partial charge in [0, 0.05) is 6.42 Å². The maximum absolute atomic E-state index is 12.9. The fraction of sp³-hybridized carbons (Fsp3) is 0.250. The summed E-state index contributed by atoms with van der Waals surface area (Å²) in [6.45, 7) is 0.100. The van der Waals surface area contributed by atoms with E-state index in [2.05, 4.69) is 0 Å². The molecule has 6 heteroatoms. The van der Waals surface area contributed by atoms with Crippen LogP contribution in [0.15, 0.2) is 60.7 Å². The molecule has 0 saturated carbocycles. The first kappa shape index (κ1) is 17.7. The molecule has 1 heterocycles. The van der Waals surface area contributed by atoms with Crippen LogP contribution in [0.3, 0.4) is 0 Å². The molecule has 0 aromatic heterocycles. The van der Waals surface area contributed by atoms with Crippen LogP contribution in [0.25, 0.3) is 0 Å². The second-order valence-corrected chi connectivity index (χ2v) is 5.96. The zero-order valence-electron chi connectivity index (χ0n) is 14.3. The average Bonchev–Trinajstić information content (AvgIpc) is 3.08. The van der Waals surface area contributed by atoms with E-state index in [0.717, 1.165) is 10.5 Å². The minimum atomic E-state index is -0.779. The molecular formula is C20H19NO5. The highest BCUT2D eigenvalue weighted by Crippen LogP contribution is 2.31. The number of amides is 2. The number of ether oxygens (including phenoxy) is 2. The Balaban J connectivity index is 1.84. The van der Waals surface area contributed by atoms with Crippen LogP contribution in [-0.2, 0) is 19.1 Å². The lowest BCUT2D eigenvalue weighted by Gasteiger charge is -2.22. The number of hydrogen-bond donors (Lipinski definition) is 0. The van der Waals surface area contributed by atoms with Crippen LogP contribution in [0.5, 0.6) is 0 Å². The number of hydrogen-bond acceptors (Lipinski definition) is 5. The van der Waals surface area contributed by atoms with E-state index in [-0.39, 0.29) is 13.0 Å². The van der Waals surface area contributed by atoms with E-state index in [0.29, 0.717) is 5.56 Å². The molecule has 3 rings (SSSR count). The Morgan fingerprint density at radius 3 is 2.35 bits per heavy atom. The van der Waals surface area contributed by atoms with Crippen LogP contribution in [-0.4, -0.2) is 36.6 Å². The van der Waals surface area contributed by atoms with Crippen molar-refractivity contribution in [3.8, 4) is 0 Å². The van der Waals surface area contributed by atoms with E-state index < -0.39 is 29.9 Å². The zero-order valence-corrected chi connectivity index (χ0v) is 14.3. The maximum Gasteiger partial charge on any atom is 0.417 e. The number of methoxy groups -OCH3 is 1. The molecule has 26 heavy (non-hydrogen) atoms. The molecule has 2 aromatic rings. The van der Waals surface area contributed by atoms with E-state index in [1.54, 1.807) is 24.3 Å². The van der Waals surface area contributed by atoms with Gasteiger partial charge in [0.2, 0.25) is 5.91 Å². The Morgan fingerprint density at radius 2 is 1.73 bits per heavy atom. The lowest BCUT2D eigenvalue weighted by molar-refractivity contribution is -0.145. The SMILES string of the molecule is COC(=O)[C@@H](CC(=O)N1C(=O)OC[C@H]1c1ccccc1)c1ccccc1. The van der Waals surface area contributed by atoms with Crippen molar-refractivity contribution in [2.24, 2.45) is 0 Å². The Bertz CT molecular complexity index is 790. The standard InChI is InChI=1S/C20H19NO5/c1-25-19(23)16(14-8-4-2-5-9-14)12-18(22)21-17(13-26-20(21)24)15-10-6-3-7-11-15/h2-11,16-17H,12-13H2,1H3/t16-,17-/m0/s1. The number of benzene rings is 2. The molecule has 1 fully saturated rings. The molecule has 134 valence electrons. The Kier molecular flexibility index (Phi) is 5.31. The highest BCUT2D eigenvalue weighted by atomic mass is 16.6. The van der Waals surface area contributed by atoms with Crippen molar-refractivity contribution in [3.63, 3.8) is 0 Å². The molecule has 2 atom stereocenters. The summed E-state index contributed by atoms with van der Waals surface area (Å²) in [4.78, 5) is 38.3.